The van der Waals surface area contributed by atoms with Crippen molar-refractivity contribution >= 4 is 11.3 Å². The molecule has 1 aromatic carbocycles. The summed E-state index contributed by atoms with van der Waals surface area (Å²) in [6.07, 6.45) is 0.973. The van der Waals surface area contributed by atoms with E-state index in [0.29, 0.717) is 16.7 Å². The average Bonchev–Trinajstić information content (AvgIpc) is 3.38. The minimum absolute atomic E-state index is 0.0737. The molecule has 126 valence electrons. The topological polar surface area (TPSA) is 91.6 Å². The third kappa shape index (κ3) is 3.01. The molecule has 0 aliphatic carbocycles. The van der Waals surface area contributed by atoms with E-state index in [-0.39, 0.29) is 12.2 Å². The largest absolute Gasteiger partial charge is 0.369 e. The van der Waals surface area contributed by atoms with E-state index < -0.39 is 0 Å². The maximum atomic E-state index is 12.3. The fourth-order valence-corrected chi connectivity index (χ4v) is 3.02. The lowest BCUT2D eigenvalue weighted by Gasteiger charge is -1.97. The predicted molar refractivity (Wildman–Crippen MR) is 91.7 cm³/mol. The number of thiophene rings is 1. The number of rotatable bonds is 5. The van der Waals surface area contributed by atoms with Gasteiger partial charge in [-0.05, 0) is 39.9 Å². The lowest BCUT2D eigenvalue weighted by molar-refractivity contribution is 0.363. The molecule has 0 atom stereocenters. The van der Waals surface area contributed by atoms with Crippen molar-refractivity contribution in [3.63, 3.8) is 0 Å². The molecule has 9 heteroatoms. The van der Waals surface area contributed by atoms with Crippen molar-refractivity contribution in [1.82, 2.24) is 29.9 Å². The highest BCUT2D eigenvalue weighted by Crippen LogP contribution is 2.17. The van der Waals surface area contributed by atoms with Gasteiger partial charge >= 0.3 is 5.69 Å². The maximum Gasteiger partial charge on any atom is 0.369 e. The molecular formula is C16H14N6O2S. The van der Waals surface area contributed by atoms with E-state index in [2.05, 4.69) is 27.5 Å². The fraction of sp³-hybridized carbons (Fsp3) is 0.188. The molecule has 0 spiro atoms. The second-order valence-electron chi connectivity index (χ2n) is 5.34. The summed E-state index contributed by atoms with van der Waals surface area (Å²) in [5.41, 5.74) is 1.75. The van der Waals surface area contributed by atoms with Crippen LogP contribution in [0.1, 0.15) is 18.4 Å². The Bertz CT molecular complexity index is 1030. The number of hydrogen-bond donors (Lipinski definition) is 0. The Kier molecular flexibility index (Phi) is 3.98. The Hall–Kier alpha value is -3.07. The monoisotopic (exact) mass is 354 g/mol. The summed E-state index contributed by atoms with van der Waals surface area (Å²) in [6, 6.07) is 11.6. The summed E-state index contributed by atoms with van der Waals surface area (Å²) < 4.78 is 7.67. The second kappa shape index (κ2) is 6.44. The smallest absolute Gasteiger partial charge is 0.337 e. The molecule has 0 N–H and O–H groups in total. The summed E-state index contributed by atoms with van der Waals surface area (Å²) in [6.45, 7) is 2.17. The van der Waals surface area contributed by atoms with Gasteiger partial charge in [0.15, 0.2) is 0 Å². The van der Waals surface area contributed by atoms with Crippen molar-refractivity contribution in [3.8, 4) is 16.4 Å². The molecule has 0 aliphatic rings. The van der Waals surface area contributed by atoms with Crippen LogP contribution in [0.4, 0.5) is 0 Å². The summed E-state index contributed by atoms with van der Waals surface area (Å²) in [5.74, 6) is 0.784. The number of nitrogens with zero attached hydrogens (tertiary/aromatic N) is 6. The Balaban J connectivity index is 1.56. The summed E-state index contributed by atoms with van der Waals surface area (Å²) >= 11 is 1.41. The van der Waals surface area contributed by atoms with Crippen molar-refractivity contribution in [2.75, 3.05) is 0 Å². The molecule has 4 rings (SSSR count). The Labute approximate surface area is 146 Å². The van der Waals surface area contributed by atoms with Gasteiger partial charge in [0.1, 0.15) is 11.5 Å². The SMILES string of the molecule is CCc1ccc(-c2noc(Cn3nnn(-c4cccs4)c3=O)n2)cc1. The van der Waals surface area contributed by atoms with Crippen LogP contribution in [0.15, 0.2) is 51.1 Å². The molecule has 0 bridgehead atoms. The number of aromatic nitrogens is 6. The van der Waals surface area contributed by atoms with Gasteiger partial charge in [-0.2, -0.15) is 14.3 Å². The third-order valence-electron chi connectivity index (χ3n) is 3.73. The maximum absolute atomic E-state index is 12.3. The first-order valence-electron chi connectivity index (χ1n) is 7.73. The second-order valence-corrected chi connectivity index (χ2v) is 6.27. The molecule has 8 nitrogen and oxygen atoms in total. The normalized spacial score (nSPS) is 11.1. The van der Waals surface area contributed by atoms with E-state index in [4.69, 9.17) is 4.52 Å². The average molecular weight is 354 g/mol. The Morgan fingerprint density at radius 1 is 1.16 bits per heavy atom. The van der Waals surface area contributed by atoms with Gasteiger partial charge in [-0.15, -0.1) is 11.3 Å². The molecule has 3 heterocycles. The highest BCUT2D eigenvalue weighted by Gasteiger charge is 2.14. The minimum atomic E-state index is -0.352. The van der Waals surface area contributed by atoms with Gasteiger partial charge in [-0.25, -0.2) is 4.79 Å². The van der Waals surface area contributed by atoms with Gasteiger partial charge in [0.25, 0.3) is 0 Å². The Morgan fingerprint density at radius 3 is 2.72 bits per heavy atom. The number of aryl methyl sites for hydroxylation is 1. The van der Waals surface area contributed by atoms with E-state index in [1.165, 1.54) is 26.3 Å². The van der Waals surface area contributed by atoms with E-state index in [0.717, 1.165) is 12.0 Å². The summed E-state index contributed by atoms with van der Waals surface area (Å²) in [4.78, 5) is 16.7. The quantitative estimate of drug-likeness (QED) is 0.545. The van der Waals surface area contributed by atoms with Crippen molar-refractivity contribution in [3.05, 3.63) is 63.7 Å². The Morgan fingerprint density at radius 2 is 2.00 bits per heavy atom. The first kappa shape index (κ1) is 15.5. The molecule has 0 fully saturated rings. The summed E-state index contributed by atoms with van der Waals surface area (Å²) in [7, 11) is 0. The van der Waals surface area contributed by atoms with Gasteiger partial charge < -0.3 is 4.52 Å². The fourth-order valence-electron chi connectivity index (χ4n) is 2.36. The van der Waals surface area contributed by atoms with Gasteiger partial charge in [-0.1, -0.05) is 36.3 Å². The van der Waals surface area contributed by atoms with Crippen LogP contribution in [-0.4, -0.2) is 29.9 Å². The number of benzene rings is 1. The molecule has 0 aliphatic heterocycles. The molecule has 0 saturated heterocycles. The van der Waals surface area contributed by atoms with E-state index in [9.17, 15) is 4.79 Å². The van der Waals surface area contributed by atoms with Crippen molar-refractivity contribution < 1.29 is 4.52 Å². The van der Waals surface area contributed by atoms with Crippen molar-refractivity contribution in [2.24, 2.45) is 0 Å². The van der Waals surface area contributed by atoms with Crippen LogP contribution < -0.4 is 5.69 Å². The minimum Gasteiger partial charge on any atom is -0.337 e. The molecule has 3 aromatic heterocycles. The zero-order valence-corrected chi connectivity index (χ0v) is 14.2. The molecule has 25 heavy (non-hydrogen) atoms. The van der Waals surface area contributed by atoms with E-state index in [1.54, 1.807) is 6.07 Å². The first-order valence-corrected chi connectivity index (χ1v) is 8.61. The highest BCUT2D eigenvalue weighted by molar-refractivity contribution is 7.12. The van der Waals surface area contributed by atoms with Crippen LogP contribution in [0.2, 0.25) is 0 Å². The van der Waals surface area contributed by atoms with Gasteiger partial charge in [-0.3, -0.25) is 0 Å². The first-order chi connectivity index (χ1) is 12.2. The van der Waals surface area contributed by atoms with Crippen LogP contribution in [0.5, 0.6) is 0 Å². The van der Waals surface area contributed by atoms with Crippen LogP contribution in [0.3, 0.4) is 0 Å². The molecule has 4 aromatic rings. The molecular weight excluding hydrogens is 340 g/mol. The van der Waals surface area contributed by atoms with E-state index >= 15 is 0 Å². The lowest BCUT2D eigenvalue weighted by atomic mass is 10.1. The van der Waals surface area contributed by atoms with Crippen molar-refractivity contribution in [1.29, 1.82) is 0 Å². The number of hydrogen-bond acceptors (Lipinski definition) is 7. The van der Waals surface area contributed by atoms with Gasteiger partial charge in [0.05, 0.1) is 0 Å². The predicted octanol–water partition coefficient (Wildman–Crippen LogP) is 2.15. The molecule has 0 amide bonds. The van der Waals surface area contributed by atoms with Crippen LogP contribution in [0.25, 0.3) is 16.4 Å². The number of tetrazole rings is 1. The zero-order valence-electron chi connectivity index (χ0n) is 13.4. The third-order valence-corrected chi connectivity index (χ3v) is 4.57. The molecule has 0 radical (unpaired) electrons. The highest BCUT2D eigenvalue weighted by atomic mass is 32.1. The molecule has 0 saturated carbocycles. The van der Waals surface area contributed by atoms with Crippen LogP contribution in [0, 0.1) is 0 Å². The van der Waals surface area contributed by atoms with Gasteiger partial charge in [0, 0.05) is 5.56 Å². The van der Waals surface area contributed by atoms with E-state index in [1.807, 2.05) is 35.7 Å². The van der Waals surface area contributed by atoms with Crippen LogP contribution >= 0.6 is 11.3 Å². The van der Waals surface area contributed by atoms with Crippen molar-refractivity contribution in [2.45, 2.75) is 19.9 Å². The van der Waals surface area contributed by atoms with Gasteiger partial charge in [0.2, 0.25) is 11.7 Å². The zero-order chi connectivity index (χ0) is 17.2. The standard InChI is InChI=1S/C16H14N6O2S/c1-2-11-5-7-12(8-6-11)15-17-13(24-18-15)10-21-16(23)22(20-19-21)14-4-3-9-25-14/h3-9H,2,10H2,1H3. The lowest BCUT2D eigenvalue weighted by Crippen LogP contribution is -2.24. The summed E-state index contributed by atoms with van der Waals surface area (Å²) in [5, 5.41) is 14.3. The molecule has 0 unspecified atom stereocenters. The van der Waals surface area contributed by atoms with Crippen LogP contribution in [-0.2, 0) is 13.0 Å².